The van der Waals surface area contributed by atoms with Gasteiger partial charge < -0.3 is 10.0 Å². The summed E-state index contributed by atoms with van der Waals surface area (Å²) in [7, 11) is 1.89. The Balaban J connectivity index is 2.04. The van der Waals surface area contributed by atoms with Gasteiger partial charge in [0.2, 0.25) is 5.95 Å². The van der Waals surface area contributed by atoms with Gasteiger partial charge in [0.05, 0.1) is 5.75 Å². The summed E-state index contributed by atoms with van der Waals surface area (Å²) in [4.78, 5) is 12.8. The molecule has 0 aromatic carbocycles. The number of anilines is 1. The van der Waals surface area contributed by atoms with Gasteiger partial charge in [-0.1, -0.05) is 25.1 Å². The number of hydrogen-bond acceptors (Lipinski definition) is 5. The molecule has 18 heavy (non-hydrogen) atoms. The monoisotopic (exact) mass is 270 g/mol. The third kappa shape index (κ3) is 2.77. The molecule has 2 rings (SSSR count). The predicted octanol–water partition coefficient (Wildman–Crippen LogP) is 1.23. The van der Waals surface area contributed by atoms with Gasteiger partial charge in [-0.05, 0) is 12.3 Å². The van der Waals surface area contributed by atoms with Gasteiger partial charge in [-0.25, -0.2) is 0 Å². The molecule has 1 fully saturated rings. The zero-order chi connectivity index (χ0) is 13.1. The van der Waals surface area contributed by atoms with Crippen molar-refractivity contribution >= 4 is 23.7 Å². The number of carboxylic acids is 1. The van der Waals surface area contributed by atoms with Crippen LogP contribution in [-0.4, -0.2) is 44.7 Å². The lowest BCUT2D eigenvalue weighted by molar-refractivity contribution is -0.133. The quantitative estimate of drug-likeness (QED) is 0.811. The number of aromatic nitrogens is 3. The van der Waals surface area contributed by atoms with E-state index in [1.54, 1.807) is 0 Å². The summed E-state index contributed by atoms with van der Waals surface area (Å²) >= 11 is 1.20. The number of aliphatic carboxylic acids is 1. The summed E-state index contributed by atoms with van der Waals surface area (Å²) in [6, 6.07) is 0. The zero-order valence-corrected chi connectivity index (χ0v) is 11.5. The molecule has 2 heterocycles. The fourth-order valence-corrected chi connectivity index (χ4v) is 2.81. The van der Waals surface area contributed by atoms with Crippen molar-refractivity contribution in [3.8, 4) is 0 Å². The molecule has 1 aromatic heterocycles. The van der Waals surface area contributed by atoms with Crippen molar-refractivity contribution in [1.29, 1.82) is 0 Å². The highest BCUT2D eigenvalue weighted by Gasteiger charge is 2.25. The van der Waals surface area contributed by atoms with Crippen LogP contribution in [0.3, 0.4) is 0 Å². The van der Waals surface area contributed by atoms with E-state index in [9.17, 15) is 4.79 Å². The Morgan fingerprint density at radius 1 is 1.56 bits per heavy atom. The van der Waals surface area contributed by atoms with Crippen molar-refractivity contribution in [3.63, 3.8) is 0 Å². The first-order valence-corrected chi connectivity index (χ1v) is 7.09. The Morgan fingerprint density at radius 2 is 2.33 bits per heavy atom. The van der Waals surface area contributed by atoms with Gasteiger partial charge >= 0.3 is 5.97 Å². The highest BCUT2D eigenvalue weighted by atomic mass is 32.2. The van der Waals surface area contributed by atoms with Crippen molar-refractivity contribution in [1.82, 2.24) is 14.8 Å². The van der Waals surface area contributed by atoms with Crippen LogP contribution in [0.5, 0.6) is 0 Å². The van der Waals surface area contributed by atoms with Crippen LogP contribution in [-0.2, 0) is 11.8 Å². The lowest BCUT2D eigenvalue weighted by Gasteiger charge is -2.16. The molecular formula is C11H18N4O2S. The lowest BCUT2D eigenvalue weighted by Crippen LogP contribution is -2.23. The molecule has 0 aliphatic carbocycles. The fraction of sp³-hybridized carbons (Fsp3) is 0.727. The van der Waals surface area contributed by atoms with Crippen molar-refractivity contribution in [2.45, 2.75) is 24.9 Å². The summed E-state index contributed by atoms with van der Waals surface area (Å²) in [6.07, 6.45) is 2.38. The Morgan fingerprint density at radius 3 is 2.94 bits per heavy atom. The molecule has 0 spiro atoms. The minimum atomic E-state index is -0.836. The van der Waals surface area contributed by atoms with Crippen molar-refractivity contribution in [3.05, 3.63) is 0 Å². The van der Waals surface area contributed by atoms with Crippen LogP contribution in [0.15, 0.2) is 5.16 Å². The van der Waals surface area contributed by atoms with E-state index in [2.05, 4.69) is 22.0 Å². The Kier molecular flexibility index (Phi) is 4.11. The summed E-state index contributed by atoms with van der Waals surface area (Å²) in [5, 5.41) is 17.5. The van der Waals surface area contributed by atoms with Crippen molar-refractivity contribution in [2.24, 2.45) is 13.0 Å². The van der Waals surface area contributed by atoms with Gasteiger partial charge in [0, 0.05) is 20.1 Å². The second-order valence-corrected chi connectivity index (χ2v) is 5.48. The fourth-order valence-electron chi connectivity index (χ4n) is 2.18. The average molecular weight is 270 g/mol. The summed E-state index contributed by atoms with van der Waals surface area (Å²) < 4.78 is 1.88. The molecular weight excluding hydrogens is 252 g/mol. The Bertz CT molecular complexity index is 435. The van der Waals surface area contributed by atoms with Crippen LogP contribution in [0.25, 0.3) is 0 Å². The number of carbonyl (C=O) groups is 1. The molecule has 1 atom stereocenters. The number of rotatable bonds is 5. The van der Waals surface area contributed by atoms with Gasteiger partial charge in [-0.15, -0.1) is 10.2 Å². The SMILES string of the molecule is CCC1CCN(c2nnc(SCC(=O)O)n2C)C1. The third-order valence-corrected chi connectivity index (χ3v) is 4.29. The van der Waals surface area contributed by atoms with E-state index >= 15 is 0 Å². The highest BCUT2D eigenvalue weighted by Crippen LogP contribution is 2.26. The zero-order valence-electron chi connectivity index (χ0n) is 10.7. The molecule has 0 saturated carbocycles. The van der Waals surface area contributed by atoms with Gasteiger partial charge in [0.25, 0.3) is 0 Å². The average Bonchev–Trinajstić information content (AvgIpc) is 2.93. The maximum atomic E-state index is 10.5. The Hall–Kier alpha value is -1.24. The van der Waals surface area contributed by atoms with Crippen LogP contribution in [0.4, 0.5) is 5.95 Å². The molecule has 1 aromatic rings. The normalized spacial score (nSPS) is 19.4. The van der Waals surface area contributed by atoms with Crippen LogP contribution in [0, 0.1) is 5.92 Å². The molecule has 6 nitrogen and oxygen atoms in total. The third-order valence-electron chi connectivity index (χ3n) is 3.28. The van der Waals surface area contributed by atoms with Crippen LogP contribution in [0.2, 0.25) is 0 Å². The topological polar surface area (TPSA) is 71.2 Å². The number of nitrogens with zero attached hydrogens (tertiary/aromatic N) is 4. The van der Waals surface area contributed by atoms with Crippen molar-refractivity contribution in [2.75, 3.05) is 23.7 Å². The smallest absolute Gasteiger partial charge is 0.313 e. The first kappa shape index (κ1) is 13.2. The van der Waals surface area contributed by atoms with E-state index in [-0.39, 0.29) is 5.75 Å². The summed E-state index contributed by atoms with van der Waals surface area (Å²) in [5.74, 6) is 0.760. The second kappa shape index (κ2) is 5.60. The van der Waals surface area contributed by atoms with Gasteiger partial charge in [0.15, 0.2) is 5.16 Å². The van der Waals surface area contributed by atoms with E-state index in [4.69, 9.17) is 5.11 Å². The van der Waals surface area contributed by atoms with E-state index < -0.39 is 5.97 Å². The summed E-state index contributed by atoms with van der Waals surface area (Å²) in [5.41, 5.74) is 0. The van der Waals surface area contributed by atoms with Crippen LogP contribution < -0.4 is 4.90 Å². The predicted molar refractivity (Wildman–Crippen MR) is 70.0 cm³/mol. The molecule has 7 heteroatoms. The second-order valence-electron chi connectivity index (χ2n) is 4.53. The van der Waals surface area contributed by atoms with Crippen LogP contribution >= 0.6 is 11.8 Å². The van der Waals surface area contributed by atoms with Gasteiger partial charge in [0.1, 0.15) is 0 Å². The molecule has 0 radical (unpaired) electrons. The van der Waals surface area contributed by atoms with Gasteiger partial charge in [-0.2, -0.15) is 0 Å². The molecule has 1 aliphatic heterocycles. The lowest BCUT2D eigenvalue weighted by atomic mass is 10.1. The number of thioether (sulfide) groups is 1. The minimum Gasteiger partial charge on any atom is -0.481 e. The van der Waals surface area contributed by atoms with Crippen molar-refractivity contribution < 1.29 is 9.90 Å². The minimum absolute atomic E-state index is 0.0174. The first-order chi connectivity index (χ1) is 8.61. The number of carboxylic acid groups (broad SMARTS) is 1. The Labute approximate surface area is 110 Å². The first-order valence-electron chi connectivity index (χ1n) is 6.10. The molecule has 0 amide bonds. The summed E-state index contributed by atoms with van der Waals surface area (Å²) in [6.45, 7) is 4.24. The highest BCUT2D eigenvalue weighted by molar-refractivity contribution is 7.99. The molecule has 100 valence electrons. The van der Waals surface area contributed by atoms with E-state index in [0.717, 1.165) is 25.0 Å². The standard InChI is InChI=1S/C11H18N4O2S/c1-3-8-4-5-15(6-8)10-12-13-11(14(10)2)18-7-9(16)17/h8H,3-7H2,1-2H3,(H,16,17). The molecule has 1 aliphatic rings. The molecule has 1 saturated heterocycles. The van der Waals surface area contributed by atoms with Gasteiger partial charge in [-0.3, -0.25) is 9.36 Å². The maximum absolute atomic E-state index is 10.5. The largest absolute Gasteiger partial charge is 0.481 e. The van der Waals surface area contributed by atoms with E-state index in [1.165, 1.54) is 24.6 Å². The number of hydrogen-bond donors (Lipinski definition) is 1. The maximum Gasteiger partial charge on any atom is 0.313 e. The molecule has 1 N–H and O–H groups in total. The van der Waals surface area contributed by atoms with E-state index in [0.29, 0.717) is 5.16 Å². The molecule has 0 bridgehead atoms. The molecule has 1 unspecified atom stereocenters. The van der Waals surface area contributed by atoms with Crippen LogP contribution in [0.1, 0.15) is 19.8 Å². The van der Waals surface area contributed by atoms with E-state index in [1.807, 2.05) is 11.6 Å².